The van der Waals surface area contributed by atoms with Gasteiger partial charge in [-0.05, 0) is 35.4 Å². The Morgan fingerprint density at radius 1 is 0.291 bits per heavy atom. The molecule has 55 heavy (non-hydrogen) atoms. The molecule has 0 fully saturated rings. The quantitative estimate of drug-likeness (QED) is 0.164. The van der Waals surface area contributed by atoms with Gasteiger partial charge in [-0.3, -0.25) is 0 Å². The number of rotatable bonds is 7. The van der Waals surface area contributed by atoms with Gasteiger partial charge in [0.1, 0.15) is 0 Å². The molecule has 0 saturated heterocycles. The fraction of sp³-hybridized carbons (Fsp3) is 0. The molecule has 0 amide bonds. The molecule has 0 radical (unpaired) electrons. The van der Waals surface area contributed by atoms with Crippen molar-refractivity contribution in [1.82, 2.24) is 24.9 Å². The second-order valence-corrected chi connectivity index (χ2v) is 14.4. The monoisotopic (exact) mass is 721 g/mol. The van der Waals surface area contributed by atoms with Gasteiger partial charge in [0.15, 0.2) is 23.3 Å². The number of nitrogens with zero attached hydrogens (tertiary/aromatic N) is 5. The fourth-order valence-electron chi connectivity index (χ4n) is 7.03. The third kappa shape index (κ3) is 6.35. The molecule has 10 rings (SSSR count). The maximum Gasteiger partial charge on any atom is 0.164 e. The summed E-state index contributed by atoms with van der Waals surface area (Å²) in [6, 6.07) is 64.6. The predicted octanol–water partition coefficient (Wildman–Crippen LogP) is 12.7. The van der Waals surface area contributed by atoms with Crippen LogP contribution in [0.3, 0.4) is 0 Å². The van der Waals surface area contributed by atoms with E-state index in [4.69, 9.17) is 24.9 Å². The van der Waals surface area contributed by atoms with Crippen molar-refractivity contribution in [3.63, 3.8) is 0 Å². The van der Waals surface area contributed by atoms with Crippen LogP contribution in [0, 0.1) is 0 Å². The average molecular weight is 722 g/mol. The second kappa shape index (κ2) is 14.0. The molecular weight excluding hydrogens is 691 g/mol. The number of benzene rings is 7. The molecule has 0 bridgehead atoms. The summed E-state index contributed by atoms with van der Waals surface area (Å²) in [5, 5.41) is 2.47. The van der Waals surface area contributed by atoms with Gasteiger partial charge in [-0.25, -0.2) is 24.9 Å². The fourth-order valence-corrected chi connectivity index (χ4v) is 8.21. The molecule has 0 aliphatic heterocycles. The zero-order valence-electron chi connectivity index (χ0n) is 29.5. The third-order valence-electron chi connectivity index (χ3n) is 9.76. The van der Waals surface area contributed by atoms with Gasteiger partial charge in [-0.15, -0.1) is 11.3 Å². The van der Waals surface area contributed by atoms with Crippen LogP contribution >= 0.6 is 11.3 Å². The van der Waals surface area contributed by atoms with Crippen molar-refractivity contribution in [2.24, 2.45) is 0 Å². The zero-order valence-corrected chi connectivity index (χ0v) is 30.4. The topological polar surface area (TPSA) is 64.5 Å². The van der Waals surface area contributed by atoms with Crippen LogP contribution in [-0.2, 0) is 0 Å². The van der Waals surface area contributed by atoms with Crippen LogP contribution in [0.25, 0.3) is 99.4 Å². The number of hydrogen-bond donors (Lipinski definition) is 0. The first-order valence-corrected chi connectivity index (χ1v) is 19.0. The molecule has 6 heteroatoms. The molecule has 10 aromatic rings. The summed E-state index contributed by atoms with van der Waals surface area (Å²) < 4.78 is 2.45. The van der Waals surface area contributed by atoms with Crippen molar-refractivity contribution in [3.8, 4) is 79.2 Å². The molecule has 0 saturated carbocycles. The first-order valence-electron chi connectivity index (χ1n) is 18.2. The minimum Gasteiger partial charge on any atom is -0.228 e. The van der Waals surface area contributed by atoms with Crippen LogP contribution in [0.15, 0.2) is 188 Å². The van der Waals surface area contributed by atoms with Crippen molar-refractivity contribution >= 4 is 31.5 Å². The Balaban J connectivity index is 1.13. The van der Waals surface area contributed by atoms with E-state index in [2.05, 4.69) is 91.0 Å². The van der Waals surface area contributed by atoms with Gasteiger partial charge >= 0.3 is 0 Å². The summed E-state index contributed by atoms with van der Waals surface area (Å²) in [6.45, 7) is 0. The number of aromatic nitrogens is 5. The van der Waals surface area contributed by atoms with Crippen LogP contribution in [0.5, 0.6) is 0 Å². The molecule has 0 atom stereocenters. The van der Waals surface area contributed by atoms with Crippen molar-refractivity contribution in [1.29, 1.82) is 0 Å². The molecule has 0 aliphatic rings. The summed E-state index contributed by atoms with van der Waals surface area (Å²) in [7, 11) is 0. The predicted molar refractivity (Wildman–Crippen MR) is 226 cm³/mol. The highest BCUT2D eigenvalue weighted by molar-refractivity contribution is 7.26. The van der Waals surface area contributed by atoms with E-state index in [0.29, 0.717) is 23.3 Å². The third-order valence-corrected chi connectivity index (χ3v) is 10.9. The summed E-state index contributed by atoms with van der Waals surface area (Å²) in [6.07, 6.45) is 0. The minimum atomic E-state index is 0.627. The van der Waals surface area contributed by atoms with Gasteiger partial charge < -0.3 is 0 Å². The van der Waals surface area contributed by atoms with E-state index in [1.54, 1.807) is 0 Å². The van der Waals surface area contributed by atoms with E-state index >= 15 is 0 Å². The van der Waals surface area contributed by atoms with E-state index in [1.807, 2.05) is 108 Å². The Morgan fingerprint density at radius 2 is 0.709 bits per heavy atom. The Hall–Kier alpha value is -7.15. The first-order chi connectivity index (χ1) is 27.2. The van der Waals surface area contributed by atoms with Gasteiger partial charge in [-0.1, -0.05) is 164 Å². The highest BCUT2D eigenvalue weighted by atomic mass is 32.1. The highest BCUT2D eigenvalue weighted by Gasteiger charge is 2.18. The molecule has 0 N–H and O–H groups in total. The van der Waals surface area contributed by atoms with Gasteiger partial charge in [-0.2, -0.15) is 0 Å². The van der Waals surface area contributed by atoms with E-state index in [-0.39, 0.29) is 0 Å². The van der Waals surface area contributed by atoms with Crippen LogP contribution in [0.1, 0.15) is 0 Å². The van der Waals surface area contributed by atoms with Gasteiger partial charge in [0.25, 0.3) is 0 Å². The van der Waals surface area contributed by atoms with E-state index in [9.17, 15) is 0 Å². The van der Waals surface area contributed by atoms with Crippen molar-refractivity contribution in [2.75, 3.05) is 0 Å². The lowest BCUT2D eigenvalue weighted by molar-refractivity contribution is 1.07. The Bertz CT molecular complexity index is 2830. The van der Waals surface area contributed by atoms with Crippen molar-refractivity contribution in [2.45, 2.75) is 0 Å². The van der Waals surface area contributed by atoms with Crippen LogP contribution in [0.2, 0.25) is 0 Å². The average Bonchev–Trinajstić information content (AvgIpc) is 3.66. The van der Waals surface area contributed by atoms with E-state index < -0.39 is 0 Å². The SMILES string of the molecule is c1ccc(-c2cc(-c3cc(-c4ccc(-c5nc(-c6ccccc6)nc(-c6ccccc6)n5)cc4)c4c(c3)sc3ccccc34)nc(-c3ccccc3)n2)cc1. The summed E-state index contributed by atoms with van der Waals surface area (Å²) in [4.78, 5) is 25.0. The van der Waals surface area contributed by atoms with Crippen molar-refractivity contribution in [3.05, 3.63) is 188 Å². The van der Waals surface area contributed by atoms with Gasteiger partial charge in [0.2, 0.25) is 0 Å². The lowest BCUT2D eigenvalue weighted by atomic mass is 9.95. The Morgan fingerprint density at radius 3 is 1.25 bits per heavy atom. The molecule has 3 heterocycles. The Kier molecular flexibility index (Phi) is 8.28. The number of fused-ring (bicyclic) bond motifs is 3. The maximum atomic E-state index is 5.19. The summed E-state index contributed by atoms with van der Waals surface area (Å²) >= 11 is 1.81. The molecule has 3 aromatic heterocycles. The molecule has 258 valence electrons. The normalized spacial score (nSPS) is 11.3. The first kappa shape index (κ1) is 32.5. The highest BCUT2D eigenvalue weighted by Crippen LogP contribution is 2.43. The maximum absolute atomic E-state index is 5.19. The van der Waals surface area contributed by atoms with Crippen LogP contribution in [0.4, 0.5) is 0 Å². The molecule has 5 nitrogen and oxygen atoms in total. The number of hydrogen-bond acceptors (Lipinski definition) is 6. The van der Waals surface area contributed by atoms with Gasteiger partial charge in [0, 0.05) is 53.6 Å². The number of thiophene rings is 1. The van der Waals surface area contributed by atoms with Crippen LogP contribution < -0.4 is 0 Å². The summed E-state index contributed by atoms with van der Waals surface area (Å²) in [5.74, 6) is 2.60. The van der Waals surface area contributed by atoms with Gasteiger partial charge in [0.05, 0.1) is 11.4 Å². The summed E-state index contributed by atoms with van der Waals surface area (Å²) in [5.41, 5.74) is 9.86. The standard InChI is InChI=1S/C49H31N5S/c1-5-15-33(16-6-1)41-31-42(51-46(50-41)34-17-7-2-8-18-34)38-29-40(45-39-23-13-14-24-43(39)55-44(45)30-38)32-25-27-37(28-26-32)49-53-47(35-19-9-3-10-20-35)52-48(54-49)36-21-11-4-12-22-36/h1-31H. The second-order valence-electron chi connectivity index (χ2n) is 13.3. The lowest BCUT2D eigenvalue weighted by Crippen LogP contribution is -2.00. The largest absolute Gasteiger partial charge is 0.228 e. The molecule has 7 aromatic carbocycles. The molecular formula is C49H31N5S. The zero-order chi connectivity index (χ0) is 36.6. The van der Waals surface area contributed by atoms with E-state index in [0.717, 1.165) is 55.9 Å². The Labute approximate surface area is 322 Å². The lowest BCUT2D eigenvalue weighted by Gasteiger charge is -2.13. The smallest absolute Gasteiger partial charge is 0.164 e. The van der Waals surface area contributed by atoms with Crippen molar-refractivity contribution < 1.29 is 0 Å². The minimum absolute atomic E-state index is 0.627. The molecule has 0 spiro atoms. The van der Waals surface area contributed by atoms with Crippen LogP contribution in [-0.4, -0.2) is 24.9 Å². The molecule has 0 unspecified atom stereocenters. The van der Waals surface area contributed by atoms with E-state index in [1.165, 1.54) is 20.2 Å². The molecule has 0 aliphatic carbocycles.